The van der Waals surface area contributed by atoms with Crippen molar-refractivity contribution >= 4 is 17.6 Å². The topological polar surface area (TPSA) is 109 Å². The molecular formula is C24H25N7O. The predicted octanol–water partition coefficient (Wildman–Crippen LogP) is 2.29. The van der Waals surface area contributed by atoms with Gasteiger partial charge in [-0.05, 0) is 36.3 Å². The van der Waals surface area contributed by atoms with Crippen molar-refractivity contribution in [2.45, 2.75) is 32.2 Å². The van der Waals surface area contributed by atoms with Crippen LogP contribution in [0.3, 0.4) is 0 Å². The van der Waals surface area contributed by atoms with Crippen LogP contribution in [0, 0.1) is 6.92 Å². The molecule has 0 aliphatic carbocycles. The Morgan fingerprint density at radius 1 is 1.22 bits per heavy atom. The molecule has 2 aromatic heterocycles. The number of nitrogens with zero attached hydrogens (tertiary/aromatic N) is 3. The van der Waals surface area contributed by atoms with Crippen molar-refractivity contribution in [3.8, 4) is 0 Å². The molecule has 4 heterocycles. The van der Waals surface area contributed by atoms with Gasteiger partial charge in [-0.15, -0.1) is 0 Å². The number of primary amides is 1. The van der Waals surface area contributed by atoms with E-state index in [0.29, 0.717) is 5.69 Å². The van der Waals surface area contributed by atoms with Crippen LogP contribution in [-0.2, 0) is 6.54 Å². The van der Waals surface area contributed by atoms with Gasteiger partial charge in [0.1, 0.15) is 11.9 Å². The van der Waals surface area contributed by atoms with E-state index >= 15 is 0 Å². The first-order valence-electron chi connectivity index (χ1n) is 10.6. The number of aryl methyl sites for hydroxylation is 1. The number of fused-ring (bicyclic) bond motifs is 1. The van der Waals surface area contributed by atoms with Crippen molar-refractivity contribution in [1.82, 2.24) is 25.6 Å². The number of aromatic nitrogens is 2. The van der Waals surface area contributed by atoms with Gasteiger partial charge in [-0.25, -0.2) is 4.52 Å². The molecule has 32 heavy (non-hydrogen) atoms. The summed E-state index contributed by atoms with van der Waals surface area (Å²) in [5.41, 5.74) is 12.0. The van der Waals surface area contributed by atoms with Gasteiger partial charge in [0.2, 0.25) is 0 Å². The van der Waals surface area contributed by atoms with Crippen LogP contribution >= 0.6 is 0 Å². The zero-order valence-electron chi connectivity index (χ0n) is 17.7. The predicted molar refractivity (Wildman–Crippen MR) is 124 cm³/mol. The van der Waals surface area contributed by atoms with Crippen molar-refractivity contribution in [2.75, 3.05) is 0 Å². The highest BCUT2D eigenvalue weighted by Crippen LogP contribution is 2.29. The van der Waals surface area contributed by atoms with Crippen molar-refractivity contribution in [3.05, 3.63) is 94.6 Å². The van der Waals surface area contributed by atoms with E-state index in [1.807, 2.05) is 49.5 Å². The van der Waals surface area contributed by atoms with Gasteiger partial charge < -0.3 is 11.1 Å². The molecule has 8 heteroatoms. The van der Waals surface area contributed by atoms with E-state index in [1.54, 1.807) is 16.8 Å². The minimum Gasteiger partial charge on any atom is -0.366 e. The summed E-state index contributed by atoms with van der Waals surface area (Å²) in [6, 6.07) is 15.8. The quantitative estimate of drug-likeness (QED) is 0.500. The van der Waals surface area contributed by atoms with Crippen LogP contribution < -0.4 is 21.7 Å². The van der Waals surface area contributed by atoms with Gasteiger partial charge in [-0.2, -0.15) is 5.10 Å². The molecule has 3 aromatic rings. The highest BCUT2D eigenvalue weighted by molar-refractivity contribution is 5.92. The maximum Gasteiger partial charge on any atom is 0.267 e. The molecule has 2 aliphatic heterocycles. The Hall–Kier alpha value is -3.75. The third-order valence-corrected chi connectivity index (χ3v) is 5.85. The zero-order valence-corrected chi connectivity index (χ0v) is 17.7. The van der Waals surface area contributed by atoms with E-state index in [2.05, 4.69) is 38.2 Å². The molecular weight excluding hydrogens is 402 g/mol. The molecule has 0 bridgehead atoms. The van der Waals surface area contributed by atoms with Crippen molar-refractivity contribution < 1.29 is 4.79 Å². The number of rotatable bonds is 5. The average molecular weight is 428 g/mol. The van der Waals surface area contributed by atoms with E-state index in [1.165, 1.54) is 11.1 Å². The monoisotopic (exact) mass is 427 g/mol. The summed E-state index contributed by atoms with van der Waals surface area (Å²) in [5, 5.41) is 15.5. The number of carbonyl (C=O) groups is 1. The smallest absolute Gasteiger partial charge is 0.267 e. The highest BCUT2D eigenvalue weighted by atomic mass is 16.1. The van der Waals surface area contributed by atoms with E-state index < -0.39 is 5.91 Å². The lowest BCUT2D eigenvalue weighted by Crippen LogP contribution is -2.53. The number of nitrogens with one attached hydrogen (secondary N) is 3. The van der Waals surface area contributed by atoms with Crippen LogP contribution in [-0.4, -0.2) is 27.9 Å². The molecule has 2 unspecified atom stereocenters. The summed E-state index contributed by atoms with van der Waals surface area (Å²) in [7, 11) is 0. The van der Waals surface area contributed by atoms with Gasteiger partial charge in [0.25, 0.3) is 5.91 Å². The summed E-state index contributed by atoms with van der Waals surface area (Å²) < 4.78 is 1.62. The Morgan fingerprint density at radius 3 is 2.88 bits per heavy atom. The number of carbonyl (C=O) groups excluding carboxylic acids is 1. The molecule has 1 amide bonds. The average Bonchev–Trinajstić information content (AvgIpc) is 2.96. The maximum atomic E-state index is 11.9. The number of aliphatic imine (C=N–C) groups is 1. The lowest BCUT2D eigenvalue weighted by Gasteiger charge is -2.36. The van der Waals surface area contributed by atoms with Crippen molar-refractivity contribution in [3.63, 3.8) is 0 Å². The summed E-state index contributed by atoms with van der Waals surface area (Å²) >= 11 is 0. The van der Waals surface area contributed by atoms with Gasteiger partial charge in [-0.3, -0.25) is 20.4 Å². The van der Waals surface area contributed by atoms with Crippen LogP contribution in [0.4, 0.5) is 0 Å². The standard InChI is InChI=1S/C24H25N7O/c1-15-21(19-8-5-9-20(22(25)32)31(19)30-15)24-28-18-11-13-26-12-10-17(18)23(29-24)27-14-16-6-3-2-4-7-16/h2-9,11-13,23-24,27-29H,10,14H2,1H3,(H2,25,32). The summed E-state index contributed by atoms with van der Waals surface area (Å²) in [6.07, 6.45) is 6.17. The minimum atomic E-state index is -0.509. The third-order valence-electron chi connectivity index (χ3n) is 5.85. The second-order valence-electron chi connectivity index (χ2n) is 7.91. The molecule has 5 N–H and O–H groups in total. The van der Waals surface area contributed by atoms with Gasteiger partial charge >= 0.3 is 0 Å². The number of nitrogens with two attached hydrogens (primary N) is 1. The number of benzene rings is 1. The van der Waals surface area contributed by atoms with Gasteiger partial charge in [0, 0.05) is 36.6 Å². The normalized spacial score (nSPS) is 20.2. The van der Waals surface area contributed by atoms with Crippen LogP contribution in [0.25, 0.3) is 5.52 Å². The Morgan fingerprint density at radius 2 is 2.06 bits per heavy atom. The van der Waals surface area contributed by atoms with Gasteiger partial charge in [0.15, 0.2) is 0 Å². The number of hydrogen-bond donors (Lipinski definition) is 4. The third kappa shape index (κ3) is 3.70. The Bertz CT molecular complexity index is 1260. The first-order chi connectivity index (χ1) is 15.6. The molecule has 0 radical (unpaired) electrons. The molecule has 162 valence electrons. The number of amides is 1. The van der Waals surface area contributed by atoms with E-state index in [4.69, 9.17) is 5.73 Å². The molecule has 0 saturated heterocycles. The summed E-state index contributed by atoms with van der Waals surface area (Å²) in [6.45, 7) is 2.67. The van der Waals surface area contributed by atoms with Crippen LogP contribution in [0.5, 0.6) is 0 Å². The first kappa shape index (κ1) is 20.2. The second kappa shape index (κ2) is 8.41. The fourth-order valence-corrected chi connectivity index (χ4v) is 4.32. The molecule has 0 fully saturated rings. The molecule has 8 nitrogen and oxygen atoms in total. The molecule has 0 saturated carbocycles. The number of pyridine rings is 1. The molecule has 2 aliphatic rings. The summed E-state index contributed by atoms with van der Waals surface area (Å²) in [4.78, 5) is 16.2. The van der Waals surface area contributed by atoms with Crippen LogP contribution in [0.2, 0.25) is 0 Å². The Labute approximate surface area is 185 Å². The van der Waals surface area contributed by atoms with E-state index in [9.17, 15) is 4.79 Å². The number of allylic oxidation sites excluding steroid dienone is 1. The van der Waals surface area contributed by atoms with E-state index in [-0.39, 0.29) is 12.3 Å². The summed E-state index contributed by atoms with van der Waals surface area (Å²) in [5.74, 6) is -0.509. The highest BCUT2D eigenvalue weighted by Gasteiger charge is 2.31. The lowest BCUT2D eigenvalue weighted by molar-refractivity contribution is 0.0993. The SMILES string of the molecule is Cc1nn2c(C(N)=O)cccc2c1C1NC2=C(CC=NC=C2)C(NCc2ccccc2)N1. The fourth-order valence-electron chi connectivity index (χ4n) is 4.32. The molecule has 1 aromatic carbocycles. The number of hydrogen-bond acceptors (Lipinski definition) is 6. The van der Waals surface area contributed by atoms with E-state index in [0.717, 1.165) is 35.4 Å². The molecule has 5 rings (SSSR count). The van der Waals surface area contributed by atoms with Crippen LogP contribution in [0.1, 0.15) is 39.9 Å². The second-order valence-corrected chi connectivity index (χ2v) is 7.91. The first-order valence-corrected chi connectivity index (χ1v) is 10.6. The zero-order chi connectivity index (χ0) is 22.1. The lowest BCUT2D eigenvalue weighted by atomic mass is 10.0. The van der Waals surface area contributed by atoms with Gasteiger partial charge in [-0.1, -0.05) is 36.4 Å². The largest absolute Gasteiger partial charge is 0.366 e. The van der Waals surface area contributed by atoms with Crippen molar-refractivity contribution in [1.29, 1.82) is 0 Å². The Balaban J connectivity index is 1.52. The molecule has 2 atom stereocenters. The minimum absolute atomic E-state index is 0.0701. The van der Waals surface area contributed by atoms with Crippen molar-refractivity contribution in [2.24, 2.45) is 10.7 Å². The molecule has 0 spiro atoms. The van der Waals surface area contributed by atoms with Crippen LogP contribution in [0.15, 0.2) is 77.1 Å². The Kier molecular flexibility index (Phi) is 5.30. The van der Waals surface area contributed by atoms with Gasteiger partial charge in [0.05, 0.1) is 17.4 Å². The maximum absolute atomic E-state index is 11.9. The fraction of sp³-hybridized carbons (Fsp3) is 0.208.